The van der Waals surface area contributed by atoms with Crippen LogP contribution in [0.4, 0.5) is 5.69 Å². The molecule has 0 spiro atoms. The first-order valence-electron chi connectivity index (χ1n) is 14.6. The van der Waals surface area contributed by atoms with Crippen molar-refractivity contribution in [2.75, 3.05) is 58.1 Å². The summed E-state index contributed by atoms with van der Waals surface area (Å²) >= 11 is 6.14. The van der Waals surface area contributed by atoms with Crippen LogP contribution < -0.4 is 24.4 Å². The molecule has 9 heteroatoms. The molecule has 2 aliphatic rings. The molecule has 2 aliphatic heterocycles. The summed E-state index contributed by atoms with van der Waals surface area (Å²) in [5.41, 5.74) is 3.05. The average Bonchev–Trinajstić information content (AvgIpc) is 3.02. The minimum atomic E-state index is -0.0360. The second-order valence-electron chi connectivity index (χ2n) is 10.5. The van der Waals surface area contributed by atoms with Crippen molar-refractivity contribution in [3.05, 3.63) is 82.9 Å². The van der Waals surface area contributed by atoms with Gasteiger partial charge in [-0.2, -0.15) is 0 Å². The first-order valence-corrected chi connectivity index (χ1v) is 15.0. The molecule has 5 rings (SSSR count). The maximum atomic E-state index is 12.5. The van der Waals surface area contributed by atoms with Crippen molar-refractivity contribution >= 4 is 23.2 Å². The Kier molecular flexibility index (Phi) is 11.0. The zero-order valence-corrected chi connectivity index (χ0v) is 24.8. The molecule has 1 fully saturated rings. The Morgan fingerprint density at radius 2 is 1.83 bits per heavy atom. The number of carbonyl (C=O) groups excluding carboxylic acids is 1. The number of halogens is 1. The summed E-state index contributed by atoms with van der Waals surface area (Å²) in [6, 6.07) is 21.8. The summed E-state index contributed by atoms with van der Waals surface area (Å²) in [4.78, 5) is 14.3. The first kappa shape index (κ1) is 30.2. The second kappa shape index (κ2) is 15.3. The lowest BCUT2D eigenvalue weighted by molar-refractivity contribution is -0.121. The van der Waals surface area contributed by atoms with Crippen LogP contribution in [-0.2, 0) is 20.9 Å². The monoisotopic (exact) mass is 594 g/mol. The number of fused-ring (bicyclic) bond motifs is 1. The third-order valence-electron chi connectivity index (χ3n) is 7.55. The summed E-state index contributed by atoms with van der Waals surface area (Å²) in [7, 11) is 1.67. The molecule has 2 heterocycles. The quantitative estimate of drug-likeness (QED) is 0.243. The van der Waals surface area contributed by atoms with Crippen molar-refractivity contribution in [2.24, 2.45) is 0 Å². The Bertz CT molecular complexity index is 1300. The van der Waals surface area contributed by atoms with Gasteiger partial charge < -0.3 is 33.9 Å². The molecule has 224 valence electrons. The van der Waals surface area contributed by atoms with Gasteiger partial charge in [-0.25, -0.2) is 0 Å². The Morgan fingerprint density at radius 1 is 1.00 bits per heavy atom. The lowest BCUT2D eigenvalue weighted by Crippen LogP contribution is -2.41. The zero-order chi connectivity index (χ0) is 29.1. The molecule has 0 aromatic heterocycles. The molecule has 0 radical (unpaired) electrons. The molecule has 1 amide bonds. The fourth-order valence-corrected chi connectivity index (χ4v) is 5.53. The lowest BCUT2D eigenvalue weighted by atomic mass is 9.87. The molecular weight excluding hydrogens is 556 g/mol. The van der Waals surface area contributed by atoms with E-state index in [1.54, 1.807) is 12.0 Å². The van der Waals surface area contributed by atoms with Gasteiger partial charge in [0.05, 0.1) is 36.6 Å². The van der Waals surface area contributed by atoms with Crippen molar-refractivity contribution in [3.63, 3.8) is 0 Å². The van der Waals surface area contributed by atoms with E-state index in [4.69, 9.17) is 35.3 Å². The molecule has 42 heavy (non-hydrogen) atoms. The molecule has 1 saturated heterocycles. The topological polar surface area (TPSA) is 78.5 Å². The number of nitrogens with zero attached hydrogens (tertiary/aromatic N) is 1. The smallest absolute Gasteiger partial charge is 0.265 e. The van der Waals surface area contributed by atoms with Gasteiger partial charge in [0.2, 0.25) is 0 Å². The first-order chi connectivity index (χ1) is 20.6. The van der Waals surface area contributed by atoms with Crippen molar-refractivity contribution in [1.82, 2.24) is 5.32 Å². The largest absolute Gasteiger partial charge is 0.493 e. The number of para-hydroxylation sites is 1. The second-order valence-corrected chi connectivity index (χ2v) is 10.9. The predicted octanol–water partition coefficient (Wildman–Crippen LogP) is 5.61. The van der Waals surface area contributed by atoms with Crippen LogP contribution in [0, 0.1) is 0 Å². The number of nitrogens with one attached hydrogen (secondary N) is 1. The summed E-state index contributed by atoms with van der Waals surface area (Å²) in [6.45, 7) is 4.54. The molecule has 0 bridgehead atoms. The van der Waals surface area contributed by atoms with E-state index in [-0.39, 0.29) is 24.5 Å². The van der Waals surface area contributed by atoms with Gasteiger partial charge in [-0.1, -0.05) is 41.9 Å². The number of benzene rings is 3. The van der Waals surface area contributed by atoms with Crippen LogP contribution in [-0.4, -0.2) is 65.2 Å². The highest BCUT2D eigenvalue weighted by molar-refractivity contribution is 6.32. The Morgan fingerprint density at radius 3 is 2.67 bits per heavy atom. The minimum absolute atomic E-state index is 0.0270. The van der Waals surface area contributed by atoms with E-state index in [2.05, 4.69) is 17.4 Å². The van der Waals surface area contributed by atoms with Crippen LogP contribution in [0.5, 0.6) is 17.2 Å². The van der Waals surface area contributed by atoms with Gasteiger partial charge in [0, 0.05) is 39.1 Å². The lowest BCUT2D eigenvalue weighted by Gasteiger charge is -2.33. The zero-order valence-electron chi connectivity index (χ0n) is 24.1. The fraction of sp³-hybridized carbons (Fsp3) is 0.424. The van der Waals surface area contributed by atoms with Crippen LogP contribution in [0.2, 0.25) is 5.02 Å². The number of methoxy groups -OCH3 is 1. The number of ether oxygens (including phenoxy) is 5. The molecule has 2 unspecified atom stereocenters. The third-order valence-corrected chi connectivity index (χ3v) is 7.86. The molecular formula is C33H39ClN2O6. The van der Waals surface area contributed by atoms with Crippen LogP contribution in [0.1, 0.15) is 36.3 Å². The van der Waals surface area contributed by atoms with Crippen LogP contribution in [0.25, 0.3) is 0 Å². The average molecular weight is 595 g/mol. The SMILES string of the molecule is COCCCN1C(=O)COc2ccc(COC3CNCCC3c3ccc(OCCCOc4ccccc4Cl)cc3)cc21. The predicted molar refractivity (Wildman–Crippen MR) is 163 cm³/mol. The molecule has 1 N–H and O–H groups in total. The van der Waals surface area contributed by atoms with E-state index in [1.807, 2.05) is 54.6 Å². The molecule has 3 aromatic rings. The molecule has 2 atom stereocenters. The summed E-state index contributed by atoms with van der Waals surface area (Å²) in [5, 5.41) is 4.09. The Labute approximate surface area is 252 Å². The van der Waals surface area contributed by atoms with Crippen LogP contribution in [0.15, 0.2) is 66.7 Å². The molecule has 8 nitrogen and oxygen atoms in total. The summed E-state index contributed by atoms with van der Waals surface area (Å²) in [6.07, 6.45) is 2.54. The van der Waals surface area contributed by atoms with Gasteiger partial charge >= 0.3 is 0 Å². The van der Waals surface area contributed by atoms with Crippen LogP contribution in [0.3, 0.4) is 0 Å². The number of rotatable bonds is 14. The highest BCUT2D eigenvalue weighted by Gasteiger charge is 2.28. The van der Waals surface area contributed by atoms with Gasteiger partial charge in [0.15, 0.2) is 6.61 Å². The normalized spacial score (nSPS) is 18.3. The van der Waals surface area contributed by atoms with Crippen molar-refractivity contribution in [2.45, 2.75) is 37.9 Å². The van der Waals surface area contributed by atoms with Gasteiger partial charge in [-0.05, 0) is 66.9 Å². The Hall–Kier alpha value is -3.30. The number of amides is 1. The number of hydrogen-bond donors (Lipinski definition) is 1. The fourth-order valence-electron chi connectivity index (χ4n) is 5.34. The van der Waals surface area contributed by atoms with Gasteiger partial charge in [-0.15, -0.1) is 0 Å². The minimum Gasteiger partial charge on any atom is -0.493 e. The van der Waals surface area contributed by atoms with E-state index in [0.29, 0.717) is 43.7 Å². The highest BCUT2D eigenvalue weighted by atomic mass is 35.5. The van der Waals surface area contributed by atoms with E-state index >= 15 is 0 Å². The highest BCUT2D eigenvalue weighted by Crippen LogP contribution is 2.34. The van der Waals surface area contributed by atoms with Crippen molar-refractivity contribution in [3.8, 4) is 17.2 Å². The number of hydrogen-bond acceptors (Lipinski definition) is 7. The van der Waals surface area contributed by atoms with E-state index in [0.717, 1.165) is 55.1 Å². The van der Waals surface area contributed by atoms with Gasteiger partial charge in [0.25, 0.3) is 5.91 Å². The number of anilines is 1. The van der Waals surface area contributed by atoms with Crippen molar-refractivity contribution in [1.29, 1.82) is 0 Å². The van der Waals surface area contributed by atoms with Crippen molar-refractivity contribution < 1.29 is 28.5 Å². The molecule has 0 aliphatic carbocycles. The van der Waals surface area contributed by atoms with E-state index in [9.17, 15) is 4.79 Å². The number of piperidine rings is 1. The van der Waals surface area contributed by atoms with Crippen LogP contribution >= 0.6 is 11.6 Å². The Balaban J connectivity index is 1.13. The summed E-state index contributed by atoms with van der Waals surface area (Å²) < 4.78 is 29.0. The maximum Gasteiger partial charge on any atom is 0.265 e. The van der Waals surface area contributed by atoms with Gasteiger partial charge in [0.1, 0.15) is 17.2 Å². The van der Waals surface area contributed by atoms with E-state index in [1.165, 1.54) is 5.56 Å². The maximum absolute atomic E-state index is 12.5. The molecule has 0 saturated carbocycles. The standard InChI is InChI=1S/C33H39ClN2O6/c1-38-17-4-16-36-29-20-24(8-13-31(29)42-23-33(36)37)22-41-32-21-35-15-14-27(32)25-9-11-26(12-10-25)39-18-5-19-40-30-7-3-2-6-28(30)34/h2-3,6-13,20,27,32,35H,4-5,14-19,21-23H2,1H3. The molecule has 3 aromatic carbocycles. The van der Waals surface area contributed by atoms with E-state index < -0.39 is 0 Å². The third kappa shape index (κ3) is 7.95. The number of carbonyl (C=O) groups is 1. The van der Waals surface area contributed by atoms with Gasteiger partial charge in [-0.3, -0.25) is 4.79 Å². The summed E-state index contributed by atoms with van der Waals surface area (Å²) in [5.74, 6) is 2.49.